The van der Waals surface area contributed by atoms with Crippen LogP contribution in [0.15, 0.2) is 46.2 Å². The molecule has 1 amide bonds. The molecular formula is C24H28N6O5. The summed E-state index contributed by atoms with van der Waals surface area (Å²) in [6.45, 7) is 2.93. The summed E-state index contributed by atoms with van der Waals surface area (Å²) in [6, 6.07) is 6.22. The minimum Gasteiger partial charge on any atom is -0.465 e. The summed E-state index contributed by atoms with van der Waals surface area (Å²) in [7, 11) is 1.27. The Balaban J connectivity index is 1.25. The van der Waals surface area contributed by atoms with Crippen molar-refractivity contribution in [2.75, 3.05) is 38.2 Å². The highest BCUT2D eigenvalue weighted by Crippen LogP contribution is 2.13. The zero-order valence-corrected chi connectivity index (χ0v) is 19.6. The van der Waals surface area contributed by atoms with Gasteiger partial charge >= 0.3 is 11.7 Å². The molecule has 0 saturated carbocycles. The number of nitrogens with one attached hydrogen (secondary N) is 1. The number of hydrogen-bond donors (Lipinski definition) is 1. The van der Waals surface area contributed by atoms with Gasteiger partial charge in [0.05, 0.1) is 23.6 Å². The number of piperazine rings is 1. The molecule has 0 atom stereocenters. The fourth-order valence-electron chi connectivity index (χ4n) is 4.19. The number of fused-ring (bicyclic) bond motifs is 1. The fraction of sp³-hybridized carbons (Fsp3) is 0.417. The fourth-order valence-corrected chi connectivity index (χ4v) is 4.19. The van der Waals surface area contributed by atoms with Gasteiger partial charge in [0.25, 0.3) is 5.56 Å². The van der Waals surface area contributed by atoms with Crippen LogP contribution >= 0.6 is 0 Å². The number of hydrogen-bond acceptors (Lipinski definition) is 8. The average Bonchev–Trinajstić information content (AvgIpc) is 2.89. The van der Waals surface area contributed by atoms with Crippen LogP contribution in [-0.2, 0) is 16.1 Å². The van der Waals surface area contributed by atoms with Gasteiger partial charge in [0.15, 0.2) is 0 Å². The summed E-state index contributed by atoms with van der Waals surface area (Å²) < 4.78 is 5.84. The lowest BCUT2D eigenvalue weighted by Gasteiger charge is -2.34. The SMILES string of the molecule is COC(=O)c1ccc2c(=O)n(CCCCCC(=O)N3CCN(c4ncccn4)CC3)c(=O)[nH]c2c1. The Morgan fingerprint density at radius 3 is 2.49 bits per heavy atom. The second-order valence-corrected chi connectivity index (χ2v) is 8.37. The highest BCUT2D eigenvalue weighted by Gasteiger charge is 2.22. The quantitative estimate of drug-likeness (QED) is 0.376. The summed E-state index contributed by atoms with van der Waals surface area (Å²) in [5.74, 6) is 0.252. The summed E-state index contributed by atoms with van der Waals surface area (Å²) in [6.07, 6.45) is 5.85. The molecule has 1 aromatic carbocycles. The predicted octanol–water partition coefficient (Wildman–Crippen LogP) is 1.18. The van der Waals surface area contributed by atoms with Crippen molar-refractivity contribution in [1.82, 2.24) is 24.4 Å². The maximum atomic E-state index is 12.8. The Bertz CT molecular complexity index is 1310. The van der Waals surface area contributed by atoms with Crippen molar-refractivity contribution in [3.63, 3.8) is 0 Å². The number of rotatable bonds is 8. The zero-order chi connectivity index (χ0) is 24.8. The zero-order valence-electron chi connectivity index (χ0n) is 19.6. The predicted molar refractivity (Wildman–Crippen MR) is 129 cm³/mol. The normalized spacial score (nSPS) is 13.7. The molecule has 11 heteroatoms. The van der Waals surface area contributed by atoms with E-state index in [4.69, 9.17) is 0 Å². The Kier molecular flexibility index (Phi) is 7.54. The number of benzene rings is 1. The molecule has 4 rings (SSSR count). The molecule has 11 nitrogen and oxygen atoms in total. The minimum atomic E-state index is -0.543. The van der Waals surface area contributed by atoms with E-state index < -0.39 is 17.2 Å². The van der Waals surface area contributed by atoms with E-state index in [0.29, 0.717) is 62.3 Å². The molecule has 1 aliphatic heterocycles. The van der Waals surface area contributed by atoms with Crippen LogP contribution < -0.4 is 16.1 Å². The van der Waals surface area contributed by atoms with Gasteiger partial charge in [-0.3, -0.25) is 14.2 Å². The first-order chi connectivity index (χ1) is 17.0. The number of amides is 1. The van der Waals surface area contributed by atoms with Gasteiger partial charge in [-0.2, -0.15) is 0 Å². The number of aromatic amines is 1. The largest absolute Gasteiger partial charge is 0.465 e. The number of nitrogens with zero attached hydrogens (tertiary/aromatic N) is 5. The lowest BCUT2D eigenvalue weighted by molar-refractivity contribution is -0.131. The second-order valence-electron chi connectivity index (χ2n) is 8.37. The van der Waals surface area contributed by atoms with E-state index in [-0.39, 0.29) is 18.0 Å². The molecule has 184 valence electrons. The molecular weight excluding hydrogens is 452 g/mol. The van der Waals surface area contributed by atoms with E-state index >= 15 is 0 Å². The number of ether oxygens (including phenoxy) is 1. The molecule has 2 aromatic heterocycles. The van der Waals surface area contributed by atoms with Crippen molar-refractivity contribution in [2.45, 2.75) is 32.2 Å². The maximum Gasteiger partial charge on any atom is 0.337 e. The lowest BCUT2D eigenvalue weighted by Crippen LogP contribution is -2.49. The number of anilines is 1. The van der Waals surface area contributed by atoms with Gasteiger partial charge in [-0.05, 0) is 37.1 Å². The third-order valence-corrected chi connectivity index (χ3v) is 6.14. The smallest absolute Gasteiger partial charge is 0.337 e. The van der Waals surface area contributed by atoms with Gasteiger partial charge < -0.3 is 19.5 Å². The number of carbonyl (C=O) groups excluding carboxylic acids is 2. The van der Waals surface area contributed by atoms with E-state index in [9.17, 15) is 19.2 Å². The third kappa shape index (κ3) is 5.56. The van der Waals surface area contributed by atoms with Crippen molar-refractivity contribution in [3.8, 4) is 0 Å². The maximum absolute atomic E-state index is 12.8. The van der Waals surface area contributed by atoms with Crippen LogP contribution in [0.3, 0.4) is 0 Å². The number of aromatic nitrogens is 4. The van der Waals surface area contributed by atoms with Crippen LogP contribution in [0.25, 0.3) is 10.9 Å². The van der Waals surface area contributed by atoms with Crippen LogP contribution in [0, 0.1) is 0 Å². The van der Waals surface area contributed by atoms with E-state index in [1.165, 1.54) is 25.3 Å². The summed E-state index contributed by atoms with van der Waals surface area (Å²) in [5.41, 5.74) is -0.381. The van der Waals surface area contributed by atoms with Gasteiger partial charge in [-0.1, -0.05) is 6.42 Å². The summed E-state index contributed by atoms with van der Waals surface area (Å²) >= 11 is 0. The third-order valence-electron chi connectivity index (χ3n) is 6.14. The second kappa shape index (κ2) is 10.9. The van der Waals surface area contributed by atoms with E-state index in [2.05, 4.69) is 24.6 Å². The monoisotopic (exact) mass is 480 g/mol. The molecule has 0 radical (unpaired) electrons. The van der Waals surface area contributed by atoms with Crippen molar-refractivity contribution >= 4 is 28.7 Å². The van der Waals surface area contributed by atoms with E-state index in [1.54, 1.807) is 18.5 Å². The lowest BCUT2D eigenvalue weighted by atomic mass is 10.1. The highest BCUT2D eigenvalue weighted by atomic mass is 16.5. The topological polar surface area (TPSA) is 130 Å². The Hall–Kier alpha value is -4.02. The van der Waals surface area contributed by atoms with Gasteiger partial charge in [0, 0.05) is 51.5 Å². The van der Waals surface area contributed by atoms with E-state index in [1.807, 2.05) is 4.90 Å². The summed E-state index contributed by atoms with van der Waals surface area (Å²) in [4.78, 5) is 64.5. The van der Waals surface area contributed by atoms with Crippen molar-refractivity contribution in [1.29, 1.82) is 0 Å². The van der Waals surface area contributed by atoms with Crippen LogP contribution in [0.2, 0.25) is 0 Å². The van der Waals surface area contributed by atoms with Crippen LogP contribution in [0.1, 0.15) is 36.0 Å². The van der Waals surface area contributed by atoms with E-state index in [0.717, 1.165) is 11.0 Å². The average molecular weight is 481 g/mol. The number of H-pyrrole nitrogens is 1. The number of esters is 1. The number of unbranched alkanes of at least 4 members (excludes halogenated alkanes) is 2. The minimum absolute atomic E-state index is 0.112. The number of methoxy groups -OCH3 is 1. The van der Waals surface area contributed by atoms with Crippen LogP contribution in [-0.4, -0.2) is 69.6 Å². The molecule has 3 aromatic rings. The van der Waals surface area contributed by atoms with Crippen LogP contribution in [0.5, 0.6) is 0 Å². The molecule has 1 N–H and O–H groups in total. The molecule has 0 spiro atoms. The Morgan fingerprint density at radius 2 is 1.77 bits per heavy atom. The molecule has 1 fully saturated rings. The molecule has 1 aliphatic rings. The molecule has 0 aliphatic carbocycles. The van der Waals surface area contributed by atoms with Crippen molar-refractivity contribution in [2.24, 2.45) is 0 Å². The first kappa shape index (κ1) is 24.1. The standard InChI is InChI=1S/C24H28N6O5/c1-35-22(33)17-7-8-18-19(16-17)27-24(34)30(21(18)32)11-4-2-3-6-20(31)28-12-14-29(15-13-28)23-25-9-5-10-26-23/h5,7-10,16H,2-4,6,11-15H2,1H3,(H,27,34). The highest BCUT2D eigenvalue weighted by molar-refractivity contribution is 5.93. The van der Waals surface area contributed by atoms with Crippen LogP contribution in [0.4, 0.5) is 5.95 Å². The first-order valence-electron chi connectivity index (χ1n) is 11.6. The number of carbonyl (C=O) groups is 2. The molecule has 35 heavy (non-hydrogen) atoms. The van der Waals surface area contributed by atoms with Gasteiger partial charge in [-0.25, -0.2) is 19.6 Å². The molecule has 0 bridgehead atoms. The van der Waals surface area contributed by atoms with Gasteiger partial charge in [0.2, 0.25) is 11.9 Å². The van der Waals surface area contributed by atoms with Crippen molar-refractivity contribution in [3.05, 3.63) is 63.1 Å². The Labute approximate surface area is 201 Å². The van der Waals surface area contributed by atoms with Crippen molar-refractivity contribution < 1.29 is 14.3 Å². The molecule has 0 unspecified atom stereocenters. The van der Waals surface area contributed by atoms with Gasteiger partial charge in [0.1, 0.15) is 0 Å². The first-order valence-corrected chi connectivity index (χ1v) is 11.6. The Morgan fingerprint density at radius 1 is 1.03 bits per heavy atom. The molecule has 1 saturated heterocycles. The van der Waals surface area contributed by atoms with Gasteiger partial charge in [-0.15, -0.1) is 0 Å². The summed E-state index contributed by atoms with van der Waals surface area (Å²) in [5, 5.41) is 0.326. The molecule has 3 heterocycles.